The van der Waals surface area contributed by atoms with Crippen LogP contribution in [0.2, 0.25) is 0 Å². The number of aliphatic hydroxyl groups excluding tert-OH is 1. The second-order valence-corrected chi connectivity index (χ2v) is 6.80. The van der Waals surface area contributed by atoms with Crippen molar-refractivity contribution in [3.63, 3.8) is 0 Å². The fourth-order valence-electron chi connectivity index (χ4n) is 3.93. The van der Waals surface area contributed by atoms with Crippen molar-refractivity contribution in [2.75, 3.05) is 31.1 Å². The Hall–Kier alpha value is -2.12. The minimum absolute atomic E-state index is 0.130. The van der Waals surface area contributed by atoms with Crippen LogP contribution in [0.3, 0.4) is 0 Å². The predicted octanol–water partition coefficient (Wildman–Crippen LogP) is 1.51. The third-order valence-corrected chi connectivity index (χ3v) is 5.31. The molecule has 0 amide bonds. The van der Waals surface area contributed by atoms with Crippen molar-refractivity contribution in [1.29, 1.82) is 0 Å². The van der Waals surface area contributed by atoms with E-state index in [0.29, 0.717) is 24.8 Å². The van der Waals surface area contributed by atoms with Gasteiger partial charge >= 0.3 is 11.9 Å². The lowest BCUT2D eigenvalue weighted by atomic mass is 9.97. The fraction of sp³-hybridized carbons (Fsp3) is 0.556. The number of carboxylic acids is 2. The molecule has 2 aliphatic rings. The number of aliphatic hydroxyl groups is 1. The second kappa shape index (κ2) is 7.41. The van der Waals surface area contributed by atoms with Crippen molar-refractivity contribution in [3.05, 3.63) is 29.3 Å². The maximum absolute atomic E-state index is 11.6. The van der Waals surface area contributed by atoms with Gasteiger partial charge in [-0.15, -0.1) is 0 Å². The maximum Gasteiger partial charge on any atom is 0.338 e. The average Bonchev–Trinajstić information content (AvgIpc) is 2.61. The van der Waals surface area contributed by atoms with Crippen LogP contribution in [-0.4, -0.2) is 70.5 Å². The lowest BCUT2D eigenvalue weighted by Crippen LogP contribution is -2.48. The average molecular weight is 348 g/mol. The molecule has 2 saturated heterocycles. The normalized spacial score (nSPS) is 20.6. The highest BCUT2D eigenvalue weighted by molar-refractivity contribution is 6.05. The van der Waals surface area contributed by atoms with Gasteiger partial charge in [0.1, 0.15) is 0 Å². The molecule has 0 spiro atoms. The van der Waals surface area contributed by atoms with Gasteiger partial charge in [-0.25, -0.2) is 9.59 Å². The number of benzene rings is 1. The van der Waals surface area contributed by atoms with E-state index in [4.69, 9.17) is 0 Å². The Morgan fingerprint density at radius 2 is 1.56 bits per heavy atom. The Kier molecular flexibility index (Phi) is 5.24. The van der Waals surface area contributed by atoms with Gasteiger partial charge in [-0.3, -0.25) is 0 Å². The minimum atomic E-state index is -1.22. The van der Waals surface area contributed by atoms with E-state index in [9.17, 15) is 24.9 Å². The first kappa shape index (κ1) is 17.7. The summed E-state index contributed by atoms with van der Waals surface area (Å²) in [6.45, 7) is 3.21. The van der Waals surface area contributed by atoms with Gasteiger partial charge in [0.2, 0.25) is 0 Å². The molecule has 0 unspecified atom stereocenters. The molecule has 0 atom stereocenters. The van der Waals surface area contributed by atoms with Gasteiger partial charge in [-0.1, -0.05) is 6.07 Å². The van der Waals surface area contributed by atoms with Crippen molar-refractivity contribution in [2.45, 2.75) is 37.8 Å². The molecule has 3 rings (SSSR count). The van der Waals surface area contributed by atoms with E-state index in [0.717, 1.165) is 38.8 Å². The Labute approximate surface area is 146 Å². The van der Waals surface area contributed by atoms with E-state index in [1.165, 1.54) is 6.07 Å². The molecule has 0 saturated carbocycles. The number of carbonyl (C=O) groups is 2. The smallest absolute Gasteiger partial charge is 0.338 e. The predicted molar refractivity (Wildman–Crippen MR) is 92.4 cm³/mol. The number of aromatic carboxylic acids is 2. The number of piperidine rings is 2. The highest BCUT2D eigenvalue weighted by atomic mass is 16.4. The summed E-state index contributed by atoms with van der Waals surface area (Å²) in [5.41, 5.74) is 0.187. The largest absolute Gasteiger partial charge is 0.478 e. The Morgan fingerprint density at radius 3 is 2.12 bits per heavy atom. The molecule has 1 aromatic carbocycles. The molecule has 7 heteroatoms. The topological polar surface area (TPSA) is 101 Å². The number of hydrogen-bond donors (Lipinski definition) is 3. The van der Waals surface area contributed by atoms with E-state index < -0.39 is 11.9 Å². The minimum Gasteiger partial charge on any atom is -0.478 e. The van der Waals surface area contributed by atoms with Gasteiger partial charge < -0.3 is 25.1 Å². The van der Waals surface area contributed by atoms with Crippen LogP contribution < -0.4 is 4.90 Å². The van der Waals surface area contributed by atoms with Crippen LogP contribution in [0.15, 0.2) is 18.2 Å². The molecule has 7 nitrogen and oxygen atoms in total. The number of nitrogens with zero attached hydrogens (tertiary/aromatic N) is 2. The molecule has 2 fully saturated rings. The Balaban J connectivity index is 1.72. The monoisotopic (exact) mass is 348 g/mol. The lowest BCUT2D eigenvalue weighted by molar-refractivity contribution is 0.0541. The first-order valence-corrected chi connectivity index (χ1v) is 8.74. The van der Waals surface area contributed by atoms with Crippen LogP contribution >= 0.6 is 0 Å². The first-order chi connectivity index (χ1) is 12.0. The quantitative estimate of drug-likeness (QED) is 0.758. The summed E-state index contributed by atoms with van der Waals surface area (Å²) < 4.78 is 0. The van der Waals surface area contributed by atoms with Crippen molar-refractivity contribution >= 4 is 17.6 Å². The zero-order valence-electron chi connectivity index (χ0n) is 14.1. The van der Waals surface area contributed by atoms with Crippen LogP contribution in [0.5, 0.6) is 0 Å². The molecule has 25 heavy (non-hydrogen) atoms. The van der Waals surface area contributed by atoms with Gasteiger partial charge in [0, 0.05) is 32.2 Å². The van der Waals surface area contributed by atoms with Gasteiger partial charge in [0.25, 0.3) is 0 Å². The number of hydrogen-bond acceptors (Lipinski definition) is 5. The molecule has 0 radical (unpaired) electrons. The zero-order valence-corrected chi connectivity index (χ0v) is 14.1. The molecule has 136 valence electrons. The molecule has 0 bridgehead atoms. The second-order valence-electron chi connectivity index (χ2n) is 6.80. The molecular weight excluding hydrogens is 324 g/mol. The highest BCUT2D eigenvalue weighted by Gasteiger charge is 2.30. The molecule has 0 aliphatic carbocycles. The van der Waals surface area contributed by atoms with E-state index in [1.54, 1.807) is 12.1 Å². The third-order valence-electron chi connectivity index (χ3n) is 5.31. The number of likely N-dealkylation sites (tertiary alicyclic amines) is 1. The van der Waals surface area contributed by atoms with Gasteiger partial charge in [-0.2, -0.15) is 0 Å². The third kappa shape index (κ3) is 3.77. The summed E-state index contributed by atoms with van der Waals surface area (Å²) in [6, 6.07) is 5.07. The highest BCUT2D eigenvalue weighted by Crippen LogP contribution is 2.29. The SMILES string of the molecule is O=C(O)c1cccc(N2CCC(N3CCC(O)CC3)CC2)c1C(=O)O. The molecule has 2 heterocycles. The molecule has 1 aromatic rings. The first-order valence-electron chi connectivity index (χ1n) is 8.74. The van der Waals surface area contributed by atoms with E-state index in [1.807, 2.05) is 4.90 Å². The van der Waals surface area contributed by atoms with Crippen LogP contribution in [0.1, 0.15) is 46.4 Å². The number of carboxylic acid groups (broad SMARTS) is 2. The van der Waals surface area contributed by atoms with Gasteiger partial charge in [0.05, 0.1) is 22.9 Å². The molecule has 3 N–H and O–H groups in total. The van der Waals surface area contributed by atoms with E-state index >= 15 is 0 Å². The van der Waals surface area contributed by atoms with Crippen LogP contribution in [0.4, 0.5) is 5.69 Å². The van der Waals surface area contributed by atoms with Gasteiger partial charge in [0.15, 0.2) is 0 Å². The summed E-state index contributed by atoms with van der Waals surface area (Å²) in [4.78, 5) is 27.3. The van der Waals surface area contributed by atoms with Crippen molar-refractivity contribution in [2.24, 2.45) is 0 Å². The summed E-state index contributed by atoms with van der Waals surface area (Å²) in [5.74, 6) is -2.43. The van der Waals surface area contributed by atoms with Crippen LogP contribution in [0.25, 0.3) is 0 Å². The summed E-state index contributed by atoms with van der Waals surface area (Å²) in [7, 11) is 0. The molecule has 2 aliphatic heterocycles. The summed E-state index contributed by atoms with van der Waals surface area (Å²) >= 11 is 0. The fourth-order valence-corrected chi connectivity index (χ4v) is 3.93. The van der Waals surface area contributed by atoms with Crippen molar-refractivity contribution in [1.82, 2.24) is 4.90 Å². The van der Waals surface area contributed by atoms with Crippen LogP contribution in [-0.2, 0) is 0 Å². The van der Waals surface area contributed by atoms with Crippen LogP contribution in [0, 0.1) is 0 Å². The van der Waals surface area contributed by atoms with Crippen molar-refractivity contribution < 1.29 is 24.9 Å². The van der Waals surface area contributed by atoms with Crippen molar-refractivity contribution in [3.8, 4) is 0 Å². The Morgan fingerprint density at radius 1 is 0.920 bits per heavy atom. The Bertz CT molecular complexity index is 647. The standard InChI is InChI=1S/C18H24N2O5/c21-13-6-10-19(11-7-13)12-4-8-20(9-5-12)15-3-1-2-14(17(22)23)16(15)18(24)25/h1-3,12-13,21H,4-11H2,(H,22,23)(H,24,25). The number of rotatable bonds is 4. The summed E-state index contributed by atoms with van der Waals surface area (Å²) in [5, 5.41) is 28.4. The number of anilines is 1. The van der Waals surface area contributed by atoms with E-state index in [2.05, 4.69) is 4.90 Å². The maximum atomic E-state index is 11.6. The lowest BCUT2D eigenvalue weighted by Gasteiger charge is -2.42. The zero-order chi connectivity index (χ0) is 18.0. The molecule has 0 aromatic heterocycles. The molecular formula is C18H24N2O5. The van der Waals surface area contributed by atoms with E-state index in [-0.39, 0.29) is 17.2 Å². The van der Waals surface area contributed by atoms with Gasteiger partial charge in [-0.05, 0) is 37.8 Å². The summed E-state index contributed by atoms with van der Waals surface area (Å²) in [6.07, 6.45) is 3.25.